The van der Waals surface area contributed by atoms with Gasteiger partial charge in [0.25, 0.3) is 0 Å². The zero-order chi connectivity index (χ0) is 14.1. The maximum Gasteiger partial charge on any atom is 0.358 e. The third-order valence-electron chi connectivity index (χ3n) is 2.99. The maximum absolute atomic E-state index is 11.7. The zero-order valence-electron chi connectivity index (χ0n) is 11.3. The minimum absolute atomic E-state index is 0.293. The second-order valence-electron chi connectivity index (χ2n) is 4.35. The van der Waals surface area contributed by atoms with Crippen molar-refractivity contribution in [2.75, 3.05) is 6.61 Å². The smallest absolute Gasteiger partial charge is 0.358 e. The van der Waals surface area contributed by atoms with E-state index in [2.05, 4.69) is 10.1 Å². The highest BCUT2D eigenvalue weighted by Crippen LogP contribution is 2.20. The van der Waals surface area contributed by atoms with Gasteiger partial charge in [0.05, 0.1) is 12.3 Å². The van der Waals surface area contributed by atoms with Gasteiger partial charge in [-0.1, -0.05) is 6.07 Å². The standard InChI is InChI=1S/C14H14N4O2/c1-3-20-14(19)10-8-12(17(2)16-10)11-9-18-7-5-4-6-13(18)15-11/h4-9H,3H2,1-2H3. The van der Waals surface area contributed by atoms with Gasteiger partial charge in [-0.3, -0.25) is 4.68 Å². The second kappa shape index (κ2) is 4.80. The summed E-state index contributed by atoms with van der Waals surface area (Å²) in [5.41, 5.74) is 2.68. The molecule has 6 nitrogen and oxygen atoms in total. The Morgan fingerprint density at radius 3 is 3.00 bits per heavy atom. The molecule has 6 heteroatoms. The molecule has 3 aromatic rings. The average molecular weight is 270 g/mol. The SMILES string of the molecule is CCOC(=O)c1cc(-c2cn3ccccc3n2)n(C)n1. The highest BCUT2D eigenvalue weighted by molar-refractivity contribution is 5.88. The van der Waals surface area contributed by atoms with Crippen LogP contribution in [0.15, 0.2) is 36.7 Å². The molecule has 3 heterocycles. The van der Waals surface area contributed by atoms with Crippen LogP contribution in [0.25, 0.3) is 17.0 Å². The van der Waals surface area contributed by atoms with Crippen molar-refractivity contribution in [3.05, 3.63) is 42.4 Å². The zero-order valence-corrected chi connectivity index (χ0v) is 11.3. The highest BCUT2D eigenvalue weighted by atomic mass is 16.5. The van der Waals surface area contributed by atoms with Gasteiger partial charge < -0.3 is 9.14 Å². The summed E-state index contributed by atoms with van der Waals surface area (Å²) >= 11 is 0. The first kappa shape index (κ1) is 12.4. The topological polar surface area (TPSA) is 61.4 Å². The Morgan fingerprint density at radius 2 is 2.25 bits per heavy atom. The first-order chi connectivity index (χ1) is 9.69. The summed E-state index contributed by atoms with van der Waals surface area (Å²) in [6.45, 7) is 2.10. The predicted octanol–water partition coefficient (Wildman–Crippen LogP) is 1.91. The van der Waals surface area contributed by atoms with Gasteiger partial charge in [-0.05, 0) is 19.1 Å². The molecule has 0 radical (unpaired) electrons. The van der Waals surface area contributed by atoms with E-state index in [4.69, 9.17) is 4.74 Å². The van der Waals surface area contributed by atoms with E-state index >= 15 is 0 Å². The van der Waals surface area contributed by atoms with Crippen LogP contribution in [0.4, 0.5) is 0 Å². The monoisotopic (exact) mass is 270 g/mol. The lowest BCUT2D eigenvalue weighted by atomic mass is 10.3. The second-order valence-corrected chi connectivity index (χ2v) is 4.35. The molecule has 0 aliphatic heterocycles. The van der Waals surface area contributed by atoms with Crippen molar-refractivity contribution < 1.29 is 9.53 Å². The third kappa shape index (κ3) is 2.05. The molecule has 0 amide bonds. The van der Waals surface area contributed by atoms with E-state index < -0.39 is 5.97 Å². The molecule has 3 rings (SSSR count). The fraction of sp³-hybridized carbons (Fsp3) is 0.214. The summed E-state index contributed by atoms with van der Waals surface area (Å²) in [6, 6.07) is 7.48. The molecule has 0 spiro atoms. The summed E-state index contributed by atoms with van der Waals surface area (Å²) < 4.78 is 8.51. The van der Waals surface area contributed by atoms with Crippen molar-refractivity contribution >= 4 is 11.6 Å². The number of nitrogens with zero attached hydrogens (tertiary/aromatic N) is 4. The molecule has 0 atom stereocenters. The van der Waals surface area contributed by atoms with Crippen molar-refractivity contribution in [3.8, 4) is 11.4 Å². The molecule has 3 aromatic heterocycles. The van der Waals surface area contributed by atoms with Crippen molar-refractivity contribution in [2.24, 2.45) is 7.05 Å². The number of carbonyl (C=O) groups is 1. The highest BCUT2D eigenvalue weighted by Gasteiger charge is 2.16. The number of ether oxygens (including phenoxy) is 1. The minimum atomic E-state index is -0.418. The molecule has 0 saturated heterocycles. The summed E-state index contributed by atoms with van der Waals surface area (Å²) in [5.74, 6) is -0.418. The van der Waals surface area contributed by atoms with E-state index in [1.54, 1.807) is 24.7 Å². The number of carbonyl (C=O) groups excluding carboxylic acids is 1. The van der Waals surface area contributed by atoms with Gasteiger partial charge in [-0.25, -0.2) is 9.78 Å². The number of aryl methyl sites for hydroxylation is 1. The molecule has 0 aliphatic rings. The molecule has 102 valence electrons. The quantitative estimate of drug-likeness (QED) is 0.682. The van der Waals surface area contributed by atoms with Gasteiger partial charge in [0.15, 0.2) is 5.69 Å². The van der Waals surface area contributed by atoms with Crippen molar-refractivity contribution in [1.29, 1.82) is 0 Å². The Balaban J connectivity index is 2.03. The maximum atomic E-state index is 11.7. The van der Waals surface area contributed by atoms with Crippen LogP contribution in [0.3, 0.4) is 0 Å². The van der Waals surface area contributed by atoms with E-state index in [1.807, 2.05) is 35.0 Å². The molecule has 0 aromatic carbocycles. The van der Waals surface area contributed by atoms with Crippen LogP contribution in [0.1, 0.15) is 17.4 Å². The van der Waals surface area contributed by atoms with Gasteiger partial charge in [0, 0.05) is 25.5 Å². The van der Waals surface area contributed by atoms with Crippen LogP contribution < -0.4 is 0 Å². The first-order valence-corrected chi connectivity index (χ1v) is 6.34. The van der Waals surface area contributed by atoms with Gasteiger partial charge in [0.1, 0.15) is 11.3 Å². The Morgan fingerprint density at radius 1 is 1.40 bits per heavy atom. The van der Waals surface area contributed by atoms with Crippen molar-refractivity contribution in [3.63, 3.8) is 0 Å². The summed E-state index contributed by atoms with van der Waals surface area (Å²) in [7, 11) is 1.78. The molecule has 0 aliphatic carbocycles. The number of imidazole rings is 1. The van der Waals surface area contributed by atoms with Crippen LogP contribution in [0.5, 0.6) is 0 Å². The molecule has 20 heavy (non-hydrogen) atoms. The van der Waals surface area contributed by atoms with Crippen molar-refractivity contribution in [1.82, 2.24) is 19.2 Å². The lowest BCUT2D eigenvalue weighted by Gasteiger charge is -1.95. The number of hydrogen-bond acceptors (Lipinski definition) is 4. The van der Waals surface area contributed by atoms with E-state index in [0.29, 0.717) is 12.3 Å². The molecular formula is C14H14N4O2. The third-order valence-corrected chi connectivity index (χ3v) is 2.99. The number of rotatable bonds is 3. The summed E-state index contributed by atoms with van der Waals surface area (Å²) in [4.78, 5) is 16.2. The van der Waals surface area contributed by atoms with Crippen LogP contribution in [0, 0.1) is 0 Å². The van der Waals surface area contributed by atoms with Crippen molar-refractivity contribution in [2.45, 2.75) is 6.92 Å². The van der Waals surface area contributed by atoms with Gasteiger partial charge >= 0.3 is 5.97 Å². The van der Waals surface area contributed by atoms with E-state index in [9.17, 15) is 4.79 Å². The van der Waals surface area contributed by atoms with Gasteiger partial charge in [0.2, 0.25) is 0 Å². The number of aromatic nitrogens is 4. The van der Waals surface area contributed by atoms with E-state index in [0.717, 1.165) is 17.0 Å². The van der Waals surface area contributed by atoms with E-state index in [-0.39, 0.29) is 0 Å². The van der Waals surface area contributed by atoms with E-state index in [1.165, 1.54) is 0 Å². The number of fused-ring (bicyclic) bond motifs is 1. The first-order valence-electron chi connectivity index (χ1n) is 6.34. The molecular weight excluding hydrogens is 256 g/mol. The lowest BCUT2D eigenvalue weighted by molar-refractivity contribution is 0.0518. The normalized spacial score (nSPS) is 10.9. The lowest BCUT2D eigenvalue weighted by Crippen LogP contribution is -2.05. The minimum Gasteiger partial charge on any atom is -0.461 e. The predicted molar refractivity (Wildman–Crippen MR) is 73.4 cm³/mol. The van der Waals surface area contributed by atoms with Crippen LogP contribution in [-0.4, -0.2) is 31.7 Å². The molecule has 0 bridgehead atoms. The fourth-order valence-corrected chi connectivity index (χ4v) is 2.07. The summed E-state index contributed by atoms with van der Waals surface area (Å²) in [5, 5.41) is 4.17. The molecule has 0 fully saturated rings. The largest absolute Gasteiger partial charge is 0.461 e. The molecule has 0 N–H and O–H groups in total. The Hall–Kier alpha value is -2.63. The molecule has 0 saturated carbocycles. The number of esters is 1. The average Bonchev–Trinajstić information content (AvgIpc) is 3.01. The van der Waals surface area contributed by atoms with Crippen LogP contribution in [-0.2, 0) is 11.8 Å². The number of pyridine rings is 1. The Kier molecular flexibility index (Phi) is 2.98. The van der Waals surface area contributed by atoms with Gasteiger partial charge in [-0.15, -0.1) is 0 Å². The summed E-state index contributed by atoms with van der Waals surface area (Å²) in [6.07, 6.45) is 3.83. The van der Waals surface area contributed by atoms with Crippen LogP contribution >= 0.6 is 0 Å². The van der Waals surface area contributed by atoms with Crippen LogP contribution in [0.2, 0.25) is 0 Å². The Bertz CT molecular complexity index is 739. The van der Waals surface area contributed by atoms with Gasteiger partial charge in [-0.2, -0.15) is 5.10 Å². The Labute approximate surface area is 115 Å². The number of hydrogen-bond donors (Lipinski definition) is 0. The fourth-order valence-electron chi connectivity index (χ4n) is 2.07. The molecule has 0 unspecified atom stereocenters.